The summed E-state index contributed by atoms with van der Waals surface area (Å²) >= 11 is 0. The van der Waals surface area contributed by atoms with Gasteiger partial charge in [0.15, 0.2) is 0 Å². The maximum absolute atomic E-state index is 12.9. The Balaban J connectivity index is 2.26. The minimum Gasteiger partial charge on any atom is -0.352 e. The van der Waals surface area contributed by atoms with E-state index in [4.69, 9.17) is 0 Å². The van der Waals surface area contributed by atoms with Gasteiger partial charge in [0.25, 0.3) is 11.8 Å². The number of nitrogens with one attached hydrogen (secondary N) is 2. The molecule has 0 saturated heterocycles. The van der Waals surface area contributed by atoms with E-state index in [0.29, 0.717) is 24.7 Å². The summed E-state index contributed by atoms with van der Waals surface area (Å²) in [7, 11) is 0. The van der Waals surface area contributed by atoms with Crippen molar-refractivity contribution in [2.24, 2.45) is 11.8 Å². The van der Waals surface area contributed by atoms with Gasteiger partial charge in [-0.3, -0.25) is 19.4 Å². The zero-order valence-electron chi connectivity index (χ0n) is 18.5. The largest absolute Gasteiger partial charge is 0.352 e. The third-order valence-electron chi connectivity index (χ3n) is 4.53. The molecule has 162 valence electrons. The van der Waals surface area contributed by atoms with E-state index in [9.17, 15) is 14.4 Å². The number of hydrogen-bond acceptors (Lipinski definition) is 4. The Kier molecular flexibility index (Phi) is 8.33. The zero-order valence-corrected chi connectivity index (χ0v) is 18.5. The van der Waals surface area contributed by atoms with E-state index in [2.05, 4.69) is 29.5 Å². The fourth-order valence-electron chi connectivity index (χ4n) is 3.02. The van der Waals surface area contributed by atoms with E-state index >= 15 is 0 Å². The van der Waals surface area contributed by atoms with Crippen molar-refractivity contribution in [1.82, 2.24) is 20.2 Å². The Bertz CT molecular complexity index is 948. The van der Waals surface area contributed by atoms with Crippen molar-refractivity contribution in [1.29, 1.82) is 0 Å². The van der Waals surface area contributed by atoms with Crippen molar-refractivity contribution in [3.63, 3.8) is 0 Å². The lowest BCUT2D eigenvalue weighted by Crippen LogP contribution is -2.36. The third-order valence-corrected chi connectivity index (χ3v) is 4.53. The van der Waals surface area contributed by atoms with E-state index < -0.39 is 17.2 Å². The first-order valence-electron chi connectivity index (χ1n) is 10.4. The topological polar surface area (TPSA) is 93.1 Å². The first kappa shape index (κ1) is 23.3. The van der Waals surface area contributed by atoms with Crippen LogP contribution in [0, 0.1) is 18.8 Å². The van der Waals surface area contributed by atoms with Gasteiger partial charge in [-0.2, -0.15) is 0 Å². The molecule has 2 N–H and O–H groups in total. The van der Waals surface area contributed by atoms with Crippen LogP contribution >= 0.6 is 0 Å². The van der Waals surface area contributed by atoms with Crippen molar-refractivity contribution < 1.29 is 9.59 Å². The Morgan fingerprint density at radius 2 is 1.63 bits per heavy atom. The van der Waals surface area contributed by atoms with Crippen LogP contribution in [-0.4, -0.2) is 27.9 Å². The maximum Gasteiger partial charge on any atom is 0.257 e. The highest BCUT2D eigenvalue weighted by molar-refractivity contribution is 5.99. The van der Waals surface area contributed by atoms with Crippen LogP contribution in [0.4, 0.5) is 0 Å². The molecule has 2 aromatic rings. The van der Waals surface area contributed by atoms with Crippen molar-refractivity contribution in [2.75, 3.05) is 6.54 Å². The lowest BCUT2D eigenvalue weighted by Gasteiger charge is -2.14. The van der Waals surface area contributed by atoms with Crippen molar-refractivity contribution in [3.8, 4) is 0 Å². The molecule has 0 radical (unpaired) electrons. The molecule has 0 aromatic carbocycles. The SMILES string of the molecule is Cc1cccc(CNC(=O)c2cn(CC(C)C)cc(C(=O)NCCC(C)C)c2=O)n1. The maximum atomic E-state index is 12.9. The standard InChI is InChI=1S/C23H32N4O3/c1-15(2)9-10-24-22(29)19-13-27(12-16(3)4)14-20(21(19)28)23(30)25-11-18-8-6-7-17(5)26-18/h6-8,13-16H,9-12H2,1-5H3,(H,24,29)(H,25,30). The van der Waals surface area contributed by atoms with Gasteiger partial charge in [-0.05, 0) is 37.3 Å². The van der Waals surface area contributed by atoms with Gasteiger partial charge in [-0.15, -0.1) is 0 Å². The van der Waals surface area contributed by atoms with Crippen LogP contribution in [0.25, 0.3) is 0 Å². The third kappa shape index (κ3) is 6.83. The first-order chi connectivity index (χ1) is 14.2. The number of amides is 2. The Labute approximate surface area is 177 Å². The molecule has 2 heterocycles. The monoisotopic (exact) mass is 412 g/mol. The predicted octanol–water partition coefficient (Wildman–Crippen LogP) is 2.91. The molecule has 0 aliphatic carbocycles. The molecule has 0 fully saturated rings. The number of carbonyl (C=O) groups is 2. The molecule has 0 unspecified atom stereocenters. The lowest BCUT2D eigenvalue weighted by molar-refractivity contribution is 0.0947. The summed E-state index contributed by atoms with van der Waals surface area (Å²) in [5.41, 5.74) is 0.932. The second-order valence-corrected chi connectivity index (χ2v) is 8.40. The van der Waals surface area contributed by atoms with Gasteiger partial charge in [-0.1, -0.05) is 33.8 Å². The molecule has 0 aliphatic rings. The summed E-state index contributed by atoms with van der Waals surface area (Å²) in [4.78, 5) is 42.6. The minimum atomic E-state index is -0.563. The average Bonchev–Trinajstić information content (AvgIpc) is 2.66. The average molecular weight is 413 g/mol. The molecule has 30 heavy (non-hydrogen) atoms. The fraction of sp³-hybridized carbons (Fsp3) is 0.478. The Morgan fingerprint density at radius 1 is 1.00 bits per heavy atom. The van der Waals surface area contributed by atoms with Crippen molar-refractivity contribution in [3.05, 3.63) is 63.3 Å². The fourth-order valence-corrected chi connectivity index (χ4v) is 3.02. The zero-order chi connectivity index (χ0) is 22.3. The first-order valence-corrected chi connectivity index (χ1v) is 10.4. The molecule has 2 amide bonds. The van der Waals surface area contributed by atoms with Gasteiger partial charge < -0.3 is 15.2 Å². The highest BCUT2D eigenvalue weighted by Crippen LogP contribution is 2.05. The number of pyridine rings is 2. The van der Waals surface area contributed by atoms with Crippen molar-refractivity contribution in [2.45, 2.75) is 54.1 Å². The number of aryl methyl sites for hydroxylation is 1. The van der Waals surface area contributed by atoms with E-state index in [1.807, 2.05) is 39.0 Å². The highest BCUT2D eigenvalue weighted by Gasteiger charge is 2.19. The molecule has 0 saturated carbocycles. The molecule has 0 spiro atoms. The van der Waals surface area contributed by atoms with Crippen LogP contribution in [0.1, 0.15) is 66.2 Å². The van der Waals surface area contributed by atoms with Gasteiger partial charge in [-0.25, -0.2) is 0 Å². The van der Waals surface area contributed by atoms with Gasteiger partial charge in [0.05, 0.1) is 12.2 Å². The molecule has 0 bridgehead atoms. The second kappa shape index (κ2) is 10.7. The van der Waals surface area contributed by atoms with Gasteiger partial charge in [0.2, 0.25) is 5.43 Å². The van der Waals surface area contributed by atoms with E-state index in [1.54, 1.807) is 4.57 Å². The normalized spacial score (nSPS) is 11.0. The number of rotatable bonds is 9. The van der Waals surface area contributed by atoms with E-state index in [1.165, 1.54) is 12.4 Å². The van der Waals surface area contributed by atoms with Crippen LogP contribution in [0.5, 0.6) is 0 Å². The van der Waals surface area contributed by atoms with Gasteiger partial charge in [0, 0.05) is 31.2 Å². The summed E-state index contributed by atoms with van der Waals surface area (Å²) < 4.78 is 1.74. The number of hydrogen-bond donors (Lipinski definition) is 2. The molecule has 0 aliphatic heterocycles. The van der Waals surface area contributed by atoms with Crippen LogP contribution in [0.2, 0.25) is 0 Å². The van der Waals surface area contributed by atoms with Crippen LogP contribution in [0.15, 0.2) is 35.4 Å². The quantitative estimate of drug-likeness (QED) is 0.662. The van der Waals surface area contributed by atoms with Crippen LogP contribution in [-0.2, 0) is 13.1 Å². The number of carbonyl (C=O) groups excluding carboxylic acids is 2. The highest BCUT2D eigenvalue weighted by atomic mass is 16.2. The lowest BCUT2D eigenvalue weighted by atomic mass is 10.1. The molecule has 0 atom stereocenters. The molecular formula is C23H32N4O3. The number of aromatic nitrogens is 2. The van der Waals surface area contributed by atoms with Crippen LogP contribution < -0.4 is 16.1 Å². The summed E-state index contributed by atoms with van der Waals surface area (Å²) in [6.07, 6.45) is 3.87. The summed E-state index contributed by atoms with van der Waals surface area (Å²) in [5, 5.41) is 5.53. The van der Waals surface area contributed by atoms with Gasteiger partial charge >= 0.3 is 0 Å². The molecule has 7 nitrogen and oxygen atoms in total. The van der Waals surface area contributed by atoms with Crippen molar-refractivity contribution >= 4 is 11.8 Å². The molecule has 2 aromatic heterocycles. The Morgan fingerprint density at radius 3 is 2.20 bits per heavy atom. The van der Waals surface area contributed by atoms with Gasteiger partial charge in [0.1, 0.15) is 11.1 Å². The summed E-state index contributed by atoms with van der Waals surface area (Å²) in [6, 6.07) is 5.54. The molecule has 7 heteroatoms. The summed E-state index contributed by atoms with van der Waals surface area (Å²) in [5.74, 6) is -0.238. The minimum absolute atomic E-state index is 0.0132. The second-order valence-electron chi connectivity index (χ2n) is 8.40. The molecular weight excluding hydrogens is 380 g/mol. The predicted molar refractivity (Wildman–Crippen MR) is 117 cm³/mol. The number of nitrogens with zero attached hydrogens (tertiary/aromatic N) is 2. The van der Waals surface area contributed by atoms with Crippen LogP contribution in [0.3, 0.4) is 0 Å². The molecule has 2 rings (SSSR count). The summed E-state index contributed by atoms with van der Waals surface area (Å²) in [6.45, 7) is 11.3. The van der Waals surface area contributed by atoms with E-state index in [0.717, 1.165) is 12.1 Å². The Hall–Kier alpha value is -2.96. The smallest absolute Gasteiger partial charge is 0.257 e. The van der Waals surface area contributed by atoms with E-state index in [-0.39, 0.29) is 23.6 Å².